The van der Waals surface area contributed by atoms with E-state index in [1.807, 2.05) is 51.0 Å². The Morgan fingerprint density at radius 1 is 1.32 bits per heavy atom. The zero-order chi connectivity index (χ0) is 16.3. The Morgan fingerprint density at radius 2 is 1.95 bits per heavy atom. The van der Waals surface area contributed by atoms with E-state index in [4.69, 9.17) is 0 Å². The fourth-order valence-corrected chi connectivity index (χ4v) is 2.48. The van der Waals surface area contributed by atoms with Gasteiger partial charge in [0.2, 0.25) is 5.91 Å². The van der Waals surface area contributed by atoms with E-state index in [1.165, 1.54) is 5.56 Å². The molecule has 0 aliphatic carbocycles. The molecule has 1 heterocycles. The molecule has 0 fully saturated rings. The summed E-state index contributed by atoms with van der Waals surface area (Å²) in [6.07, 6.45) is 0. The van der Waals surface area contributed by atoms with Crippen molar-refractivity contribution < 1.29 is 4.79 Å². The maximum Gasteiger partial charge on any atom is 0.238 e. The third-order valence-electron chi connectivity index (χ3n) is 4.11. The molecule has 0 aliphatic rings. The van der Waals surface area contributed by atoms with Crippen molar-refractivity contribution in [2.75, 3.05) is 18.9 Å². The molecule has 2 rings (SSSR count). The molecule has 0 radical (unpaired) electrons. The van der Waals surface area contributed by atoms with Crippen LogP contribution in [0.15, 0.2) is 30.3 Å². The van der Waals surface area contributed by atoms with Crippen LogP contribution in [-0.2, 0) is 11.8 Å². The molecule has 1 aromatic heterocycles. The molecule has 2 aromatic rings. The van der Waals surface area contributed by atoms with Crippen LogP contribution in [0.5, 0.6) is 0 Å². The van der Waals surface area contributed by atoms with E-state index in [0.29, 0.717) is 6.54 Å². The van der Waals surface area contributed by atoms with Crippen molar-refractivity contribution in [2.45, 2.75) is 26.8 Å². The third-order valence-corrected chi connectivity index (χ3v) is 4.11. The highest BCUT2D eigenvalue weighted by Gasteiger charge is 2.17. The number of amides is 1. The topological polar surface area (TPSA) is 50.2 Å². The van der Waals surface area contributed by atoms with E-state index in [-0.39, 0.29) is 11.9 Å². The third kappa shape index (κ3) is 3.54. The Bertz CT molecular complexity index is 648. The van der Waals surface area contributed by atoms with E-state index >= 15 is 0 Å². The fraction of sp³-hybridized carbons (Fsp3) is 0.412. The molecule has 1 aromatic carbocycles. The monoisotopic (exact) mass is 300 g/mol. The quantitative estimate of drug-likeness (QED) is 0.923. The van der Waals surface area contributed by atoms with Gasteiger partial charge >= 0.3 is 0 Å². The van der Waals surface area contributed by atoms with Crippen LogP contribution in [0.25, 0.3) is 0 Å². The van der Waals surface area contributed by atoms with Crippen molar-refractivity contribution in [2.24, 2.45) is 7.05 Å². The van der Waals surface area contributed by atoms with Gasteiger partial charge in [0.05, 0.1) is 23.6 Å². The minimum absolute atomic E-state index is 0.0236. The number of anilines is 1. The van der Waals surface area contributed by atoms with Gasteiger partial charge in [-0.2, -0.15) is 5.10 Å². The van der Waals surface area contributed by atoms with Gasteiger partial charge in [0.1, 0.15) is 0 Å². The molecule has 0 unspecified atom stereocenters. The molecule has 0 spiro atoms. The lowest BCUT2D eigenvalue weighted by atomic mass is 10.1. The number of hydrogen-bond acceptors (Lipinski definition) is 3. The summed E-state index contributed by atoms with van der Waals surface area (Å²) in [5.41, 5.74) is 3.82. The van der Waals surface area contributed by atoms with E-state index in [9.17, 15) is 4.79 Å². The largest absolute Gasteiger partial charge is 0.322 e. The van der Waals surface area contributed by atoms with E-state index in [0.717, 1.165) is 17.1 Å². The summed E-state index contributed by atoms with van der Waals surface area (Å²) in [7, 11) is 3.84. The van der Waals surface area contributed by atoms with Gasteiger partial charge in [0.25, 0.3) is 0 Å². The van der Waals surface area contributed by atoms with Crippen molar-refractivity contribution >= 4 is 11.6 Å². The fourth-order valence-electron chi connectivity index (χ4n) is 2.48. The number of nitrogens with one attached hydrogen (secondary N) is 1. The first kappa shape index (κ1) is 16.2. The van der Waals surface area contributed by atoms with E-state index < -0.39 is 0 Å². The number of carbonyl (C=O) groups is 1. The Labute approximate surface area is 131 Å². The van der Waals surface area contributed by atoms with Crippen LogP contribution < -0.4 is 5.32 Å². The highest BCUT2D eigenvalue weighted by Crippen LogP contribution is 2.20. The van der Waals surface area contributed by atoms with Gasteiger partial charge in [-0.3, -0.25) is 14.4 Å². The standard InChI is InChI=1S/C17H24N4O/c1-12-17(14(3)21(5)19-12)18-16(22)11-20(4)13(2)15-9-7-6-8-10-15/h6-10,13H,11H2,1-5H3,(H,18,22)/t13-/m1/s1. The molecule has 1 amide bonds. The predicted molar refractivity (Wildman–Crippen MR) is 88.8 cm³/mol. The van der Waals surface area contributed by atoms with Gasteiger partial charge in [-0.15, -0.1) is 0 Å². The highest BCUT2D eigenvalue weighted by molar-refractivity contribution is 5.93. The van der Waals surface area contributed by atoms with Crippen LogP contribution in [0.1, 0.15) is 29.9 Å². The van der Waals surface area contributed by atoms with Crippen LogP contribution in [0, 0.1) is 13.8 Å². The summed E-state index contributed by atoms with van der Waals surface area (Å²) in [6, 6.07) is 10.4. The molecular weight excluding hydrogens is 276 g/mol. The van der Waals surface area contributed by atoms with Crippen molar-refractivity contribution in [1.82, 2.24) is 14.7 Å². The van der Waals surface area contributed by atoms with Gasteiger partial charge < -0.3 is 5.32 Å². The van der Waals surface area contributed by atoms with Crippen molar-refractivity contribution in [1.29, 1.82) is 0 Å². The zero-order valence-electron chi connectivity index (χ0n) is 13.9. The summed E-state index contributed by atoms with van der Waals surface area (Å²) >= 11 is 0. The Balaban J connectivity index is 2.00. The van der Waals surface area contributed by atoms with Gasteiger partial charge in [-0.05, 0) is 33.4 Å². The lowest BCUT2D eigenvalue weighted by molar-refractivity contribution is -0.117. The van der Waals surface area contributed by atoms with Gasteiger partial charge in [-0.25, -0.2) is 0 Å². The second-order valence-corrected chi connectivity index (χ2v) is 5.72. The van der Waals surface area contributed by atoms with Crippen LogP contribution >= 0.6 is 0 Å². The average Bonchev–Trinajstić information content (AvgIpc) is 2.73. The molecule has 5 nitrogen and oxygen atoms in total. The Kier molecular flexibility index (Phi) is 4.98. The Morgan fingerprint density at radius 3 is 2.50 bits per heavy atom. The van der Waals surface area contributed by atoms with Crippen LogP contribution in [-0.4, -0.2) is 34.2 Å². The smallest absolute Gasteiger partial charge is 0.238 e. The molecule has 0 aliphatic heterocycles. The van der Waals surface area contributed by atoms with E-state index in [2.05, 4.69) is 29.5 Å². The maximum absolute atomic E-state index is 12.3. The second-order valence-electron chi connectivity index (χ2n) is 5.72. The summed E-state index contributed by atoms with van der Waals surface area (Å²) < 4.78 is 1.78. The maximum atomic E-state index is 12.3. The van der Waals surface area contributed by atoms with Gasteiger partial charge in [-0.1, -0.05) is 30.3 Å². The van der Waals surface area contributed by atoms with E-state index in [1.54, 1.807) is 4.68 Å². The number of aromatic nitrogens is 2. The first-order valence-corrected chi connectivity index (χ1v) is 7.45. The molecule has 1 atom stereocenters. The molecular formula is C17H24N4O. The van der Waals surface area contributed by atoms with Crippen LogP contribution in [0.2, 0.25) is 0 Å². The van der Waals surface area contributed by atoms with Crippen molar-refractivity contribution in [3.8, 4) is 0 Å². The number of hydrogen-bond donors (Lipinski definition) is 1. The molecule has 0 saturated carbocycles. The molecule has 5 heteroatoms. The second kappa shape index (κ2) is 6.75. The van der Waals surface area contributed by atoms with Gasteiger partial charge in [0, 0.05) is 13.1 Å². The number of aryl methyl sites for hydroxylation is 2. The summed E-state index contributed by atoms with van der Waals surface area (Å²) in [5.74, 6) is -0.0236. The Hall–Kier alpha value is -2.14. The van der Waals surface area contributed by atoms with Crippen LogP contribution in [0.3, 0.4) is 0 Å². The molecule has 22 heavy (non-hydrogen) atoms. The molecule has 118 valence electrons. The normalized spacial score (nSPS) is 12.5. The minimum atomic E-state index is -0.0236. The number of likely N-dealkylation sites (N-methyl/N-ethyl adjacent to an activating group) is 1. The number of nitrogens with zero attached hydrogens (tertiary/aromatic N) is 3. The molecule has 0 bridgehead atoms. The highest BCUT2D eigenvalue weighted by atomic mass is 16.2. The SMILES string of the molecule is Cc1nn(C)c(C)c1NC(=O)CN(C)[C@H](C)c1ccccc1. The minimum Gasteiger partial charge on any atom is -0.322 e. The summed E-state index contributed by atoms with van der Waals surface area (Å²) in [4.78, 5) is 14.3. The first-order valence-electron chi connectivity index (χ1n) is 7.45. The summed E-state index contributed by atoms with van der Waals surface area (Å²) in [5, 5.41) is 7.29. The van der Waals surface area contributed by atoms with Crippen LogP contribution in [0.4, 0.5) is 5.69 Å². The zero-order valence-corrected chi connectivity index (χ0v) is 13.9. The molecule has 1 N–H and O–H groups in total. The summed E-state index contributed by atoms with van der Waals surface area (Å²) in [6.45, 7) is 6.29. The van der Waals surface area contributed by atoms with Crippen molar-refractivity contribution in [3.63, 3.8) is 0 Å². The predicted octanol–water partition coefficient (Wildman–Crippen LogP) is 2.67. The molecule has 0 saturated heterocycles. The van der Waals surface area contributed by atoms with Gasteiger partial charge in [0.15, 0.2) is 0 Å². The average molecular weight is 300 g/mol. The number of rotatable bonds is 5. The van der Waals surface area contributed by atoms with Crippen molar-refractivity contribution in [3.05, 3.63) is 47.3 Å². The first-order chi connectivity index (χ1) is 10.4. The number of carbonyl (C=O) groups excluding carboxylic acids is 1. The lowest BCUT2D eigenvalue weighted by Gasteiger charge is -2.24. The number of benzene rings is 1. The lowest BCUT2D eigenvalue weighted by Crippen LogP contribution is -2.32.